The van der Waals surface area contributed by atoms with Gasteiger partial charge in [0.15, 0.2) is 0 Å². The molecule has 2 rings (SSSR count). The van der Waals surface area contributed by atoms with E-state index < -0.39 is 0 Å². The van der Waals surface area contributed by atoms with Crippen LogP contribution in [0.2, 0.25) is 0 Å². The maximum absolute atomic E-state index is 5.71. The molecule has 0 saturated carbocycles. The Kier molecular flexibility index (Phi) is 2.17. The highest BCUT2D eigenvalue weighted by atomic mass is 16.5. The lowest BCUT2D eigenvalue weighted by Crippen LogP contribution is -2.15. The molecule has 1 aliphatic heterocycles. The summed E-state index contributed by atoms with van der Waals surface area (Å²) in [6, 6.07) is 8.05. The Morgan fingerprint density at radius 1 is 1.38 bits per heavy atom. The zero-order valence-corrected chi connectivity index (χ0v) is 7.44. The molecule has 1 unspecified atom stereocenters. The summed E-state index contributed by atoms with van der Waals surface area (Å²) >= 11 is 0. The summed E-state index contributed by atoms with van der Waals surface area (Å²) in [7, 11) is 0. The SMILES string of the molecule is C=CCC1C=Cc2ccccc2O1. The summed E-state index contributed by atoms with van der Waals surface area (Å²) in [5.74, 6) is 0.969. The van der Waals surface area contributed by atoms with Crippen molar-refractivity contribution in [3.05, 3.63) is 48.6 Å². The molecule has 1 atom stereocenters. The topological polar surface area (TPSA) is 9.23 Å². The normalized spacial score (nSPS) is 18.9. The minimum absolute atomic E-state index is 0.160. The van der Waals surface area contributed by atoms with E-state index in [1.54, 1.807) is 0 Å². The van der Waals surface area contributed by atoms with Crippen molar-refractivity contribution in [2.45, 2.75) is 12.5 Å². The summed E-state index contributed by atoms with van der Waals surface area (Å²) in [6.45, 7) is 3.70. The molecule has 1 heteroatoms. The number of fused-ring (bicyclic) bond motifs is 1. The van der Waals surface area contributed by atoms with Crippen LogP contribution in [-0.2, 0) is 0 Å². The van der Waals surface area contributed by atoms with E-state index in [0.717, 1.165) is 17.7 Å². The van der Waals surface area contributed by atoms with Crippen LogP contribution in [0.15, 0.2) is 43.0 Å². The molecule has 0 saturated heterocycles. The van der Waals surface area contributed by atoms with Gasteiger partial charge in [0.1, 0.15) is 11.9 Å². The number of rotatable bonds is 2. The molecule has 0 amide bonds. The van der Waals surface area contributed by atoms with Gasteiger partial charge in [-0.15, -0.1) is 6.58 Å². The summed E-state index contributed by atoms with van der Waals surface area (Å²) in [6.07, 6.45) is 7.08. The molecule has 1 nitrogen and oxygen atoms in total. The van der Waals surface area contributed by atoms with Crippen molar-refractivity contribution in [2.24, 2.45) is 0 Å². The molecular weight excluding hydrogens is 160 g/mol. The molecule has 0 fully saturated rings. The third-order valence-corrected chi connectivity index (χ3v) is 2.09. The minimum Gasteiger partial charge on any atom is -0.485 e. The molecule has 0 bridgehead atoms. The highest BCUT2D eigenvalue weighted by Crippen LogP contribution is 2.26. The first-order chi connectivity index (χ1) is 6.40. The summed E-state index contributed by atoms with van der Waals surface area (Å²) in [5, 5.41) is 0. The summed E-state index contributed by atoms with van der Waals surface area (Å²) in [5.41, 5.74) is 1.16. The van der Waals surface area contributed by atoms with Crippen LogP contribution in [0.4, 0.5) is 0 Å². The molecule has 0 aromatic heterocycles. The molecule has 1 aromatic rings. The average Bonchev–Trinajstić information content (AvgIpc) is 2.18. The van der Waals surface area contributed by atoms with E-state index in [4.69, 9.17) is 4.74 Å². The van der Waals surface area contributed by atoms with Gasteiger partial charge in [0.05, 0.1) is 0 Å². The Balaban J connectivity index is 2.23. The van der Waals surface area contributed by atoms with Crippen LogP contribution < -0.4 is 4.74 Å². The van der Waals surface area contributed by atoms with Crippen molar-refractivity contribution in [3.63, 3.8) is 0 Å². The van der Waals surface area contributed by atoms with E-state index in [-0.39, 0.29) is 6.10 Å². The molecule has 0 spiro atoms. The summed E-state index contributed by atoms with van der Waals surface area (Å²) < 4.78 is 5.71. The Labute approximate surface area is 78.3 Å². The van der Waals surface area contributed by atoms with Gasteiger partial charge in [-0.05, 0) is 12.1 Å². The number of benzene rings is 1. The van der Waals surface area contributed by atoms with Gasteiger partial charge in [-0.3, -0.25) is 0 Å². The van der Waals surface area contributed by atoms with E-state index >= 15 is 0 Å². The number of ether oxygens (including phenoxy) is 1. The van der Waals surface area contributed by atoms with Crippen LogP contribution in [0.3, 0.4) is 0 Å². The molecular formula is C12H12O. The zero-order valence-electron chi connectivity index (χ0n) is 7.44. The minimum atomic E-state index is 0.160. The number of hydrogen-bond donors (Lipinski definition) is 0. The van der Waals surface area contributed by atoms with Crippen molar-refractivity contribution in [1.29, 1.82) is 0 Å². The van der Waals surface area contributed by atoms with Crippen LogP contribution in [0.25, 0.3) is 6.08 Å². The molecule has 1 heterocycles. The average molecular weight is 172 g/mol. The highest BCUT2D eigenvalue weighted by molar-refractivity contribution is 5.59. The monoisotopic (exact) mass is 172 g/mol. The Morgan fingerprint density at radius 3 is 3.08 bits per heavy atom. The van der Waals surface area contributed by atoms with Gasteiger partial charge in [-0.25, -0.2) is 0 Å². The van der Waals surface area contributed by atoms with E-state index in [9.17, 15) is 0 Å². The first kappa shape index (κ1) is 8.11. The van der Waals surface area contributed by atoms with E-state index in [2.05, 4.69) is 24.8 Å². The Hall–Kier alpha value is -1.50. The lowest BCUT2D eigenvalue weighted by molar-refractivity contribution is 0.249. The van der Waals surface area contributed by atoms with Gasteiger partial charge in [0.25, 0.3) is 0 Å². The quantitative estimate of drug-likeness (QED) is 0.623. The second kappa shape index (κ2) is 3.48. The molecule has 13 heavy (non-hydrogen) atoms. The maximum Gasteiger partial charge on any atom is 0.127 e. The number of hydrogen-bond acceptors (Lipinski definition) is 1. The fourth-order valence-electron chi connectivity index (χ4n) is 1.43. The van der Waals surface area contributed by atoms with Crippen molar-refractivity contribution < 1.29 is 4.74 Å². The smallest absolute Gasteiger partial charge is 0.127 e. The van der Waals surface area contributed by atoms with Crippen LogP contribution in [0.5, 0.6) is 5.75 Å². The van der Waals surface area contributed by atoms with Crippen LogP contribution in [0.1, 0.15) is 12.0 Å². The van der Waals surface area contributed by atoms with E-state index in [1.165, 1.54) is 0 Å². The van der Waals surface area contributed by atoms with Crippen LogP contribution in [0, 0.1) is 0 Å². The molecule has 1 aromatic carbocycles. The largest absolute Gasteiger partial charge is 0.485 e. The Morgan fingerprint density at radius 2 is 2.23 bits per heavy atom. The van der Waals surface area contributed by atoms with E-state index in [0.29, 0.717) is 0 Å². The van der Waals surface area contributed by atoms with Gasteiger partial charge in [0, 0.05) is 12.0 Å². The second-order valence-electron chi connectivity index (χ2n) is 3.08. The first-order valence-corrected chi connectivity index (χ1v) is 4.45. The fraction of sp³-hybridized carbons (Fsp3) is 0.167. The number of para-hydroxylation sites is 1. The lowest BCUT2D eigenvalue weighted by atomic mass is 10.1. The second-order valence-corrected chi connectivity index (χ2v) is 3.08. The molecule has 0 N–H and O–H groups in total. The molecule has 0 aliphatic carbocycles. The zero-order chi connectivity index (χ0) is 9.10. The highest BCUT2D eigenvalue weighted by Gasteiger charge is 2.11. The van der Waals surface area contributed by atoms with Gasteiger partial charge in [-0.1, -0.05) is 30.4 Å². The van der Waals surface area contributed by atoms with E-state index in [1.807, 2.05) is 24.3 Å². The van der Waals surface area contributed by atoms with Crippen molar-refractivity contribution >= 4 is 6.08 Å². The Bertz CT molecular complexity index is 339. The lowest BCUT2D eigenvalue weighted by Gasteiger charge is -2.19. The van der Waals surface area contributed by atoms with Crippen molar-refractivity contribution in [1.82, 2.24) is 0 Å². The van der Waals surface area contributed by atoms with Gasteiger partial charge in [-0.2, -0.15) is 0 Å². The standard InChI is InChI=1S/C12H12O/c1-2-5-11-9-8-10-6-3-4-7-12(10)13-11/h2-4,6-9,11H,1,5H2. The fourth-order valence-corrected chi connectivity index (χ4v) is 1.43. The van der Waals surface area contributed by atoms with Crippen LogP contribution >= 0.6 is 0 Å². The first-order valence-electron chi connectivity index (χ1n) is 4.45. The predicted octanol–water partition coefficient (Wildman–Crippen LogP) is 3.04. The van der Waals surface area contributed by atoms with Crippen molar-refractivity contribution in [2.75, 3.05) is 0 Å². The molecule has 0 radical (unpaired) electrons. The van der Waals surface area contributed by atoms with Crippen LogP contribution in [-0.4, -0.2) is 6.10 Å². The van der Waals surface area contributed by atoms with Crippen molar-refractivity contribution in [3.8, 4) is 5.75 Å². The maximum atomic E-state index is 5.71. The summed E-state index contributed by atoms with van der Waals surface area (Å²) in [4.78, 5) is 0. The predicted molar refractivity (Wildman–Crippen MR) is 54.7 cm³/mol. The molecule has 66 valence electrons. The molecule has 1 aliphatic rings. The van der Waals surface area contributed by atoms with Gasteiger partial charge < -0.3 is 4.74 Å². The third kappa shape index (κ3) is 1.64. The third-order valence-electron chi connectivity index (χ3n) is 2.09. The van der Waals surface area contributed by atoms with Gasteiger partial charge >= 0.3 is 0 Å². The van der Waals surface area contributed by atoms with Gasteiger partial charge in [0.2, 0.25) is 0 Å².